The van der Waals surface area contributed by atoms with Crippen LogP contribution in [0.4, 0.5) is 8.78 Å². The molecule has 0 aliphatic carbocycles. The highest BCUT2D eigenvalue weighted by Gasteiger charge is 1.89. The molecule has 0 aromatic rings. The minimum absolute atomic E-state index is 0.129. The second-order valence-corrected chi connectivity index (χ2v) is 1.10. The third-order valence-corrected chi connectivity index (χ3v) is 0.448. The fourth-order valence-corrected chi connectivity index (χ4v) is 0.205. The highest BCUT2D eigenvalue weighted by atomic mass is 19.3. The molecule has 3 heteroatoms. The molecule has 0 bridgehead atoms. The van der Waals surface area contributed by atoms with Gasteiger partial charge < -0.3 is 5.11 Å². The molecule has 1 nitrogen and oxygen atoms in total. The van der Waals surface area contributed by atoms with Crippen molar-refractivity contribution in [2.24, 2.45) is 0 Å². The zero-order chi connectivity index (χ0) is 6.41. The van der Waals surface area contributed by atoms with Crippen LogP contribution < -0.4 is 0 Å². The molecule has 0 aliphatic rings. The van der Waals surface area contributed by atoms with Gasteiger partial charge in [0.2, 0.25) is 0 Å². The lowest BCUT2D eigenvalue weighted by Crippen LogP contribution is -1.82. The first-order chi connectivity index (χ1) is 3.77. The van der Waals surface area contributed by atoms with Crippen molar-refractivity contribution < 1.29 is 13.9 Å². The fraction of sp³-hybridized carbons (Fsp3) is 0.600. The van der Waals surface area contributed by atoms with Gasteiger partial charge in [-0.15, -0.1) is 0 Å². The lowest BCUT2D eigenvalue weighted by Gasteiger charge is -1.79. The molecular weight excluding hydrogens is 114 g/mol. The molecule has 0 saturated carbocycles. The van der Waals surface area contributed by atoms with Crippen molar-refractivity contribution in [3.63, 3.8) is 0 Å². The summed E-state index contributed by atoms with van der Waals surface area (Å²) in [4.78, 5) is 0. The normalized spacial score (nSPS) is 8.50. The van der Waals surface area contributed by atoms with E-state index in [4.69, 9.17) is 5.11 Å². The fourth-order valence-electron chi connectivity index (χ4n) is 0.205. The van der Waals surface area contributed by atoms with Crippen molar-refractivity contribution >= 4 is 0 Å². The van der Waals surface area contributed by atoms with Gasteiger partial charge in [-0.1, -0.05) is 5.92 Å². The third kappa shape index (κ3) is 5.38. The smallest absolute Gasteiger partial charge is 0.298 e. The van der Waals surface area contributed by atoms with Crippen LogP contribution in [0, 0.1) is 11.8 Å². The Balaban J connectivity index is 3.20. The summed E-state index contributed by atoms with van der Waals surface area (Å²) in [5.41, 5.74) is 0. The Morgan fingerprint density at radius 3 is 2.50 bits per heavy atom. The number of halogens is 2. The van der Waals surface area contributed by atoms with Gasteiger partial charge in [0.1, 0.15) is 0 Å². The highest BCUT2D eigenvalue weighted by molar-refractivity contribution is 5.00. The van der Waals surface area contributed by atoms with Crippen LogP contribution in [0.3, 0.4) is 0 Å². The lowest BCUT2D eigenvalue weighted by molar-refractivity contribution is 0.215. The summed E-state index contributed by atoms with van der Waals surface area (Å²) in [5.74, 6) is 3.69. The van der Waals surface area contributed by atoms with E-state index in [0.29, 0.717) is 0 Å². The Hall–Kier alpha value is -0.620. The molecule has 0 unspecified atom stereocenters. The van der Waals surface area contributed by atoms with Gasteiger partial charge in [0.25, 0.3) is 6.43 Å². The van der Waals surface area contributed by atoms with Gasteiger partial charge in [-0.05, 0) is 5.92 Å². The van der Waals surface area contributed by atoms with Gasteiger partial charge >= 0.3 is 0 Å². The molecule has 0 aromatic carbocycles. The third-order valence-electron chi connectivity index (χ3n) is 0.448. The van der Waals surface area contributed by atoms with E-state index in [1.165, 1.54) is 0 Å². The maximum absolute atomic E-state index is 11.1. The predicted octanol–water partition coefficient (Wildman–Crippen LogP) is 0.637. The summed E-state index contributed by atoms with van der Waals surface area (Å²) < 4.78 is 22.2. The lowest BCUT2D eigenvalue weighted by atomic mass is 10.4. The van der Waals surface area contributed by atoms with Crippen LogP contribution in [0.5, 0.6) is 0 Å². The molecule has 0 heterocycles. The van der Waals surface area contributed by atoms with Crippen molar-refractivity contribution in [1.29, 1.82) is 0 Å². The minimum atomic E-state index is -2.57. The Morgan fingerprint density at radius 1 is 1.50 bits per heavy atom. The van der Waals surface area contributed by atoms with Gasteiger partial charge in [0.15, 0.2) is 0 Å². The predicted molar refractivity (Wildman–Crippen MR) is 25.5 cm³/mol. The number of hydrogen-bond donors (Lipinski definition) is 1. The monoisotopic (exact) mass is 120 g/mol. The maximum Gasteiger partial charge on any atom is 0.298 e. The molecule has 0 amide bonds. The van der Waals surface area contributed by atoms with E-state index < -0.39 is 6.43 Å². The van der Waals surface area contributed by atoms with Crippen LogP contribution >= 0.6 is 0 Å². The average molecular weight is 120 g/mol. The van der Waals surface area contributed by atoms with Gasteiger partial charge in [-0.25, -0.2) is 0 Å². The van der Waals surface area contributed by atoms with E-state index in [0.717, 1.165) is 0 Å². The Labute approximate surface area is 46.3 Å². The number of aliphatic hydroxyl groups excluding tert-OH is 1. The van der Waals surface area contributed by atoms with E-state index >= 15 is 0 Å². The molecule has 0 atom stereocenters. The second kappa shape index (κ2) is 4.54. The second-order valence-electron chi connectivity index (χ2n) is 1.10. The number of rotatable bonds is 1. The molecule has 0 saturated heterocycles. The summed E-state index contributed by atoms with van der Waals surface area (Å²) in [7, 11) is 0. The van der Waals surface area contributed by atoms with Crippen LogP contribution in [-0.2, 0) is 0 Å². The Kier molecular flexibility index (Phi) is 4.19. The number of aliphatic hydroxyl groups is 1. The first-order valence-electron chi connectivity index (χ1n) is 2.14. The molecule has 46 valence electrons. The van der Waals surface area contributed by atoms with Gasteiger partial charge in [0, 0.05) is 6.42 Å². The molecule has 0 radical (unpaired) electrons. The zero-order valence-electron chi connectivity index (χ0n) is 4.19. The first kappa shape index (κ1) is 7.38. The van der Waals surface area contributed by atoms with Crippen molar-refractivity contribution in [2.45, 2.75) is 12.8 Å². The van der Waals surface area contributed by atoms with E-state index in [9.17, 15) is 8.78 Å². The van der Waals surface area contributed by atoms with E-state index in [1.807, 2.05) is 0 Å². The topological polar surface area (TPSA) is 20.2 Å². The molecule has 0 aromatic heterocycles. The van der Waals surface area contributed by atoms with Crippen molar-refractivity contribution in [3.05, 3.63) is 0 Å². The minimum Gasteiger partial charge on any atom is -0.395 e. The Morgan fingerprint density at radius 2 is 2.12 bits per heavy atom. The summed E-state index contributed by atoms with van der Waals surface area (Å²) >= 11 is 0. The van der Waals surface area contributed by atoms with Crippen LogP contribution in [-0.4, -0.2) is 18.1 Å². The average Bonchev–Trinajstić information content (AvgIpc) is 1.66. The van der Waals surface area contributed by atoms with E-state index in [1.54, 1.807) is 5.92 Å². The molecule has 8 heavy (non-hydrogen) atoms. The summed E-state index contributed by atoms with van der Waals surface area (Å²) in [6, 6.07) is 0. The van der Waals surface area contributed by atoms with Crippen molar-refractivity contribution in [1.82, 2.24) is 0 Å². The molecular formula is C5H6F2O. The van der Waals surface area contributed by atoms with Gasteiger partial charge in [-0.3, -0.25) is 0 Å². The molecule has 0 spiro atoms. The van der Waals surface area contributed by atoms with Crippen molar-refractivity contribution in [2.75, 3.05) is 6.61 Å². The summed E-state index contributed by atoms with van der Waals surface area (Å²) in [6.45, 7) is -0.153. The quantitative estimate of drug-likeness (QED) is 0.503. The van der Waals surface area contributed by atoms with E-state index in [2.05, 4.69) is 5.92 Å². The standard InChI is InChI=1S/C5H6F2O/c6-5(7)3-1-2-4-8/h5,8H,2,4H2. The van der Waals surface area contributed by atoms with Crippen LogP contribution in [0.1, 0.15) is 6.42 Å². The SMILES string of the molecule is OCCC#CC(F)F. The molecule has 0 fully saturated rings. The number of hydrogen-bond acceptors (Lipinski definition) is 1. The first-order valence-corrected chi connectivity index (χ1v) is 2.14. The van der Waals surface area contributed by atoms with Crippen LogP contribution in [0.25, 0.3) is 0 Å². The van der Waals surface area contributed by atoms with Gasteiger partial charge in [-0.2, -0.15) is 8.78 Å². The largest absolute Gasteiger partial charge is 0.395 e. The van der Waals surface area contributed by atoms with Crippen molar-refractivity contribution in [3.8, 4) is 11.8 Å². The molecule has 1 N–H and O–H groups in total. The van der Waals surface area contributed by atoms with Gasteiger partial charge in [0.05, 0.1) is 6.61 Å². The highest BCUT2D eigenvalue weighted by Crippen LogP contribution is 1.86. The summed E-state index contributed by atoms with van der Waals surface area (Å²) in [6.07, 6.45) is -2.44. The zero-order valence-corrected chi connectivity index (χ0v) is 4.19. The molecule has 0 aliphatic heterocycles. The number of alkyl halides is 2. The van der Waals surface area contributed by atoms with Crippen LogP contribution in [0.15, 0.2) is 0 Å². The molecule has 0 rings (SSSR count). The summed E-state index contributed by atoms with van der Waals surface area (Å²) in [5, 5.41) is 8.03. The maximum atomic E-state index is 11.1. The van der Waals surface area contributed by atoms with Crippen LogP contribution in [0.2, 0.25) is 0 Å². The van der Waals surface area contributed by atoms with E-state index in [-0.39, 0.29) is 13.0 Å². The Bertz CT molecular complexity index is 101.